The Morgan fingerprint density at radius 3 is 2.85 bits per heavy atom. The Bertz CT molecular complexity index is 1310. The number of carbonyl (C=O) groups excluding carboxylic acids is 2. The summed E-state index contributed by atoms with van der Waals surface area (Å²) < 4.78 is 65.7. The first kappa shape index (κ1) is 29.3. The molecule has 0 aliphatic carbocycles. The van der Waals surface area contributed by atoms with Crippen molar-refractivity contribution in [2.24, 2.45) is 0 Å². The number of anilines is 1. The van der Waals surface area contributed by atoms with Gasteiger partial charge in [0.25, 0.3) is 11.8 Å². The number of halogens is 4. The van der Waals surface area contributed by atoms with Crippen molar-refractivity contribution in [1.82, 2.24) is 30.5 Å². The number of amides is 2. The molecule has 0 saturated carbocycles. The topological polar surface area (TPSA) is 133 Å². The summed E-state index contributed by atoms with van der Waals surface area (Å²) in [4.78, 5) is 24.6. The predicted molar refractivity (Wildman–Crippen MR) is 134 cm³/mol. The van der Waals surface area contributed by atoms with Crippen LogP contribution in [-0.4, -0.2) is 62.0 Å². The molecule has 0 spiro atoms. The molecular weight excluding hydrogens is 558 g/mol. The number of nitrogens with one attached hydrogen (secondary N) is 2. The second kappa shape index (κ2) is 13.1. The molecule has 1 fully saturated rings. The summed E-state index contributed by atoms with van der Waals surface area (Å²) in [6.45, 7) is 0.588. The molecule has 3 heterocycles. The van der Waals surface area contributed by atoms with Crippen LogP contribution in [0.2, 0.25) is 0 Å². The molecule has 16 heteroatoms. The monoisotopic (exact) mass is 585 g/mol. The molecule has 2 N–H and O–H groups in total. The summed E-state index contributed by atoms with van der Waals surface area (Å²) in [5.74, 6) is -1.97. The lowest BCUT2D eigenvalue weighted by Gasteiger charge is -2.20. The van der Waals surface area contributed by atoms with Crippen LogP contribution in [0.3, 0.4) is 0 Å². The molecule has 2 atom stereocenters. The standard InChI is InChI=1S/C24H27F4N7O4S/c1-24(27,28)39-16-6-7-17(26)14(10-16)11-29-21(36)18-13-35(34-31-18)12-15(25)5-8-20-32-33-23(40-20)30-22(37)19-4-2-3-9-38-19/h6-7,10,13,15,19H,2-5,8-9,11-12H2,1H3,(H,29,36)(H,30,33,37). The van der Waals surface area contributed by atoms with Gasteiger partial charge in [-0.3, -0.25) is 14.9 Å². The minimum atomic E-state index is -3.45. The Morgan fingerprint density at radius 2 is 2.10 bits per heavy atom. The number of nitrogens with zero attached hydrogens (tertiary/aromatic N) is 5. The fourth-order valence-electron chi connectivity index (χ4n) is 3.83. The van der Waals surface area contributed by atoms with Crippen LogP contribution in [0.4, 0.5) is 22.7 Å². The minimum Gasteiger partial charge on any atom is -0.433 e. The van der Waals surface area contributed by atoms with E-state index in [1.807, 2.05) is 0 Å². The van der Waals surface area contributed by atoms with Gasteiger partial charge in [0.1, 0.15) is 28.8 Å². The quantitative estimate of drug-likeness (QED) is 0.308. The first-order valence-electron chi connectivity index (χ1n) is 12.5. The Labute approximate surface area is 230 Å². The molecule has 0 radical (unpaired) electrons. The van der Waals surface area contributed by atoms with Gasteiger partial charge in [-0.05, 0) is 43.9 Å². The highest BCUT2D eigenvalue weighted by molar-refractivity contribution is 7.15. The number of hydrogen-bond donors (Lipinski definition) is 2. The van der Waals surface area contributed by atoms with Gasteiger partial charge in [0.05, 0.1) is 12.7 Å². The lowest BCUT2D eigenvalue weighted by Crippen LogP contribution is -2.33. The smallest absolute Gasteiger partial charge is 0.394 e. The Hall–Kier alpha value is -3.66. The van der Waals surface area contributed by atoms with E-state index in [2.05, 4.69) is 35.9 Å². The van der Waals surface area contributed by atoms with Crippen molar-refractivity contribution in [1.29, 1.82) is 0 Å². The number of carbonyl (C=O) groups is 2. The maximum absolute atomic E-state index is 14.6. The molecule has 11 nitrogen and oxygen atoms in total. The van der Waals surface area contributed by atoms with E-state index in [1.54, 1.807) is 0 Å². The van der Waals surface area contributed by atoms with Crippen LogP contribution >= 0.6 is 11.3 Å². The van der Waals surface area contributed by atoms with Gasteiger partial charge in [0.15, 0.2) is 5.69 Å². The van der Waals surface area contributed by atoms with Crippen molar-refractivity contribution < 1.29 is 36.6 Å². The molecule has 216 valence electrons. The third kappa shape index (κ3) is 8.67. The minimum absolute atomic E-state index is 0.0759. The lowest BCUT2D eigenvalue weighted by atomic mass is 10.1. The number of aryl methyl sites for hydroxylation is 1. The highest BCUT2D eigenvalue weighted by Gasteiger charge is 2.24. The zero-order valence-electron chi connectivity index (χ0n) is 21.4. The lowest BCUT2D eigenvalue weighted by molar-refractivity contribution is -0.159. The van der Waals surface area contributed by atoms with Gasteiger partial charge in [-0.15, -0.1) is 15.3 Å². The van der Waals surface area contributed by atoms with Crippen LogP contribution < -0.4 is 15.4 Å². The Balaban J connectivity index is 1.22. The number of alkyl halides is 3. The average Bonchev–Trinajstić information content (AvgIpc) is 3.57. The molecule has 2 aromatic heterocycles. The molecule has 3 aromatic rings. The van der Waals surface area contributed by atoms with Crippen molar-refractivity contribution in [3.8, 4) is 5.75 Å². The van der Waals surface area contributed by atoms with E-state index in [0.29, 0.717) is 30.1 Å². The summed E-state index contributed by atoms with van der Waals surface area (Å²) in [7, 11) is 0. The van der Waals surface area contributed by atoms with Crippen molar-refractivity contribution in [3.63, 3.8) is 0 Å². The highest BCUT2D eigenvalue weighted by Crippen LogP contribution is 2.24. The zero-order valence-corrected chi connectivity index (χ0v) is 22.2. The molecule has 1 aliphatic heterocycles. The molecule has 4 rings (SSSR count). The predicted octanol–water partition coefficient (Wildman–Crippen LogP) is 3.67. The SMILES string of the molecule is CC(F)(F)Oc1ccc(F)c(CNC(=O)c2cn(CC(F)CCc3nnc(NC(=O)C4CCCCO4)s3)nn2)c1. The number of hydrogen-bond acceptors (Lipinski definition) is 9. The highest BCUT2D eigenvalue weighted by atomic mass is 32.1. The summed E-state index contributed by atoms with van der Waals surface area (Å²) in [6.07, 6.45) is -1.20. The fourth-order valence-corrected chi connectivity index (χ4v) is 4.59. The second-order valence-electron chi connectivity index (χ2n) is 9.15. The van der Waals surface area contributed by atoms with Gasteiger partial charge in [-0.2, -0.15) is 8.78 Å². The van der Waals surface area contributed by atoms with Crippen LogP contribution in [0.15, 0.2) is 24.4 Å². The summed E-state index contributed by atoms with van der Waals surface area (Å²) >= 11 is 1.15. The van der Waals surface area contributed by atoms with Crippen LogP contribution in [0.25, 0.3) is 0 Å². The van der Waals surface area contributed by atoms with E-state index in [0.717, 1.165) is 47.1 Å². The maximum Gasteiger partial charge on any atom is 0.394 e. The van der Waals surface area contributed by atoms with Crippen LogP contribution in [0.5, 0.6) is 5.75 Å². The van der Waals surface area contributed by atoms with E-state index in [-0.39, 0.29) is 48.8 Å². The molecule has 1 aromatic carbocycles. The largest absolute Gasteiger partial charge is 0.433 e. The number of rotatable bonds is 12. The van der Waals surface area contributed by atoms with Crippen LogP contribution in [0.1, 0.15) is 53.7 Å². The first-order chi connectivity index (χ1) is 19.1. The summed E-state index contributed by atoms with van der Waals surface area (Å²) in [5, 5.41) is 21.3. The number of benzene rings is 1. The third-order valence-electron chi connectivity index (χ3n) is 5.75. The summed E-state index contributed by atoms with van der Waals surface area (Å²) in [6, 6.07) is 3.05. The van der Waals surface area contributed by atoms with Crippen LogP contribution in [0, 0.1) is 5.82 Å². The van der Waals surface area contributed by atoms with Gasteiger partial charge >= 0.3 is 6.11 Å². The second-order valence-corrected chi connectivity index (χ2v) is 10.2. The van der Waals surface area contributed by atoms with Crippen molar-refractivity contribution in [3.05, 3.63) is 46.5 Å². The van der Waals surface area contributed by atoms with Gasteiger partial charge in [-0.1, -0.05) is 16.6 Å². The first-order valence-corrected chi connectivity index (χ1v) is 13.3. The zero-order chi connectivity index (χ0) is 28.7. The van der Waals surface area contributed by atoms with E-state index >= 15 is 0 Å². The molecular formula is C24H27F4N7O4S. The van der Waals surface area contributed by atoms with Gasteiger partial charge < -0.3 is 14.8 Å². The fraction of sp³-hybridized carbons (Fsp3) is 0.500. The van der Waals surface area contributed by atoms with Crippen LogP contribution in [-0.2, 0) is 29.0 Å². The normalized spacial score (nSPS) is 16.4. The van der Waals surface area contributed by atoms with Gasteiger partial charge in [-0.25, -0.2) is 13.5 Å². The molecule has 1 saturated heterocycles. The Kier molecular flexibility index (Phi) is 9.63. The molecule has 2 amide bonds. The Morgan fingerprint density at radius 1 is 1.27 bits per heavy atom. The van der Waals surface area contributed by atoms with E-state index in [4.69, 9.17) is 4.74 Å². The van der Waals surface area contributed by atoms with Crippen molar-refractivity contribution in [2.45, 2.75) is 70.5 Å². The van der Waals surface area contributed by atoms with Crippen molar-refractivity contribution >= 4 is 28.3 Å². The van der Waals surface area contributed by atoms with Gasteiger partial charge in [0.2, 0.25) is 5.13 Å². The molecule has 40 heavy (non-hydrogen) atoms. The molecule has 0 bridgehead atoms. The number of ether oxygens (including phenoxy) is 2. The number of aromatic nitrogens is 5. The van der Waals surface area contributed by atoms with E-state index in [1.165, 1.54) is 6.20 Å². The van der Waals surface area contributed by atoms with Crippen molar-refractivity contribution in [2.75, 3.05) is 11.9 Å². The van der Waals surface area contributed by atoms with Gasteiger partial charge in [0, 0.05) is 32.1 Å². The molecule has 1 aliphatic rings. The maximum atomic E-state index is 14.6. The average molecular weight is 586 g/mol. The third-order valence-corrected chi connectivity index (χ3v) is 6.65. The van der Waals surface area contributed by atoms with E-state index in [9.17, 15) is 27.2 Å². The summed E-state index contributed by atoms with van der Waals surface area (Å²) in [5.41, 5.74) is -0.209. The van der Waals surface area contributed by atoms with E-state index < -0.39 is 30.1 Å². The molecule has 2 unspecified atom stereocenters.